The van der Waals surface area contributed by atoms with E-state index in [0.29, 0.717) is 0 Å². The van der Waals surface area contributed by atoms with Gasteiger partial charge in [0.25, 0.3) is 0 Å². The minimum absolute atomic E-state index is 0.136. The standard InChI is InChI=1S/C23H29N3O/c1-18(23(27)26-17-14-19-8-4-5-9-22(19)26)24-20-10-12-21(13-11-20)25-15-6-2-3-7-16-25/h4-5,8-13,18,24H,2-3,6-7,14-17H2,1H3. The van der Waals surface area contributed by atoms with Gasteiger partial charge in [-0.1, -0.05) is 31.0 Å². The number of carbonyl (C=O) groups is 1. The maximum Gasteiger partial charge on any atom is 0.249 e. The number of para-hydroxylation sites is 1. The van der Waals surface area contributed by atoms with E-state index in [1.165, 1.54) is 36.9 Å². The van der Waals surface area contributed by atoms with Crippen molar-refractivity contribution < 1.29 is 4.79 Å². The van der Waals surface area contributed by atoms with Crippen LogP contribution in [0.3, 0.4) is 0 Å². The highest BCUT2D eigenvalue weighted by Crippen LogP contribution is 2.28. The number of nitrogens with one attached hydrogen (secondary N) is 1. The number of nitrogens with zero attached hydrogens (tertiary/aromatic N) is 2. The lowest BCUT2D eigenvalue weighted by atomic mass is 10.2. The molecule has 2 aliphatic rings. The van der Waals surface area contributed by atoms with Gasteiger partial charge in [-0.3, -0.25) is 4.79 Å². The van der Waals surface area contributed by atoms with Gasteiger partial charge in [-0.2, -0.15) is 0 Å². The molecule has 1 amide bonds. The summed E-state index contributed by atoms with van der Waals surface area (Å²) in [7, 11) is 0. The zero-order chi connectivity index (χ0) is 18.6. The van der Waals surface area contributed by atoms with Gasteiger partial charge in [-0.05, 0) is 62.1 Å². The molecule has 1 saturated heterocycles. The van der Waals surface area contributed by atoms with Crippen LogP contribution in [0.1, 0.15) is 38.2 Å². The first kappa shape index (κ1) is 17.9. The molecule has 4 rings (SSSR count). The molecule has 4 heteroatoms. The SMILES string of the molecule is CC(Nc1ccc(N2CCCCCC2)cc1)C(=O)N1CCc2ccccc21. The number of carbonyl (C=O) groups excluding carboxylic acids is 1. The van der Waals surface area contributed by atoms with Crippen LogP contribution in [0.25, 0.3) is 0 Å². The van der Waals surface area contributed by atoms with E-state index in [0.717, 1.165) is 37.4 Å². The topological polar surface area (TPSA) is 35.6 Å². The Morgan fingerprint density at radius 1 is 0.926 bits per heavy atom. The van der Waals surface area contributed by atoms with Crippen molar-refractivity contribution in [2.24, 2.45) is 0 Å². The molecule has 2 aromatic rings. The molecular formula is C23H29N3O. The van der Waals surface area contributed by atoms with Crippen molar-refractivity contribution >= 4 is 23.0 Å². The third-order valence-corrected chi connectivity index (χ3v) is 5.75. The smallest absolute Gasteiger partial charge is 0.249 e. The summed E-state index contributed by atoms with van der Waals surface area (Å²) in [4.78, 5) is 17.3. The number of hydrogen-bond donors (Lipinski definition) is 1. The Labute approximate surface area is 162 Å². The molecule has 0 saturated carbocycles. The molecule has 1 N–H and O–H groups in total. The molecule has 142 valence electrons. The van der Waals surface area contributed by atoms with E-state index < -0.39 is 0 Å². The molecule has 2 aromatic carbocycles. The molecule has 0 spiro atoms. The van der Waals surface area contributed by atoms with Crippen LogP contribution < -0.4 is 15.1 Å². The van der Waals surface area contributed by atoms with Gasteiger partial charge >= 0.3 is 0 Å². The minimum atomic E-state index is -0.250. The van der Waals surface area contributed by atoms with Gasteiger partial charge in [0.1, 0.15) is 6.04 Å². The van der Waals surface area contributed by atoms with Crippen molar-refractivity contribution in [3.8, 4) is 0 Å². The lowest BCUT2D eigenvalue weighted by Gasteiger charge is -2.24. The Bertz CT molecular complexity index is 778. The Kier molecular flexibility index (Phi) is 5.33. The largest absolute Gasteiger partial charge is 0.374 e. The number of amides is 1. The van der Waals surface area contributed by atoms with Gasteiger partial charge in [-0.25, -0.2) is 0 Å². The molecule has 1 fully saturated rings. The van der Waals surface area contributed by atoms with Crippen LogP contribution in [0.5, 0.6) is 0 Å². The second kappa shape index (κ2) is 8.03. The summed E-state index contributed by atoms with van der Waals surface area (Å²) in [6.45, 7) is 5.02. The van der Waals surface area contributed by atoms with E-state index in [1.807, 2.05) is 30.0 Å². The van der Waals surface area contributed by atoms with E-state index >= 15 is 0 Å². The van der Waals surface area contributed by atoms with Gasteiger partial charge in [0.05, 0.1) is 0 Å². The Hall–Kier alpha value is -2.49. The first-order valence-corrected chi connectivity index (χ1v) is 10.2. The van der Waals surface area contributed by atoms with E-state index in [1.54, 1.807) is 0 Å². The summed E-state index contributed by atoms with van der Waals surface area (Å²) in [6, 6.07) is 16.5. The zero-order valence-corrected chi connectivity index (χ0v) is 16.2. The number of rotatable bonds is 4. The Balaban J connectivity index is 1.39. The average Bonchev–Trinajstić information content (AvgIpc) is 2.94. The van der Waals surface area contributed by atoms with Crippen LogP contribution in [-0.4, -0.2) is 31.6 Å². The van der Waals surface area contributed by atoms with Crippen LogP contribution in [0, 0.1) is 0 Å². The molecule has 0 bridgehead atoms. The van der Waals surface area contributed by atoms with Crippen molar-refractivity contribution in [3.05, 3.63) is 54.1 Å². The predicted molar refractivity (Wildman–Crippen MR) is 113 cm³/mol. The molecule has 1 atom stereocenters. The maximum absolute atomic E-state index is 12.9. The molecule has 4 nitrogen and oxygen atoms in total. The molecule has 2 aliphatic heterocycles. The molecular weight excluding hydrogens is 334 g/mol. The number of hydrogen-bond acceptors (Lipinski definition) is 3. The highest BCUT2D eigenvalue weighted by Gasteiger charge is 2.27. The first-order valence-electron chi connectivity index (χ1n) is 10.2. The van der Waals surface area contributed by atoms with Gasteiger partial charge in [0.2, 0.25) is 5.91 Å². The molecule has 0 aliphatic carbocycles. The fraction of sp³-hybridized carbons (Fsp3) is 0.435. The first-order chi connectivity index (χ1) is 13.2. The number of benzene rings is 2. The van der Waals surface area contributed by atoms with Crippen LogP contribution in [0.4, 0.5) is 17.1 Å². The fourth-order valence-electron chi connectivity index (χ4n) is 4.21. The van der Waals surface area contributed by atoms with Crippen LogP contribution in [-0.2, 0) is 11.2 Å². The normalized spacial score (nSPS) is 18.0. The quantitative estimate of drug-likeness (QED) is 0.871. The monoisotopic (exact) mass is 363 g/mol. The van der Waals surface area contributed by atoms with Crippen LogP contribution in [0.15, 0.2) is 48.5 Å². The zero-order valence-electron chi connectivity index (χ0n) is 16.2. The predicted octanol–water partition coefficient (Wildman–Crippen LogP) is 4.46. The van der Waals surface area contributed by atoms with Crippen LogP contribution >= 0.6 is 0 Å². The lowest BCUT2D eigenvalue weighted by molar-refractivity contribution is -0.118. The van der Waals surface area contributed by atoms with E-state index in [-0.39, 0.29) is 11.9 Å². The minimum Gasteiger partial charge on any atom is -0.374 e. The Morgan fingerprint density at radius 2 is 1.63 bits per heavy atom. The van der Waals surface area contributed by atoms with Gasteiger partial charge in [0, 0.05) is 36.7 Å². The second-order valence-electron chi connectivity index (χ2n) is 7.68. The second-order valence-corrected chi connectivity index (χ2v) is 7.68. The molecule has 1 unspecified atom stereocenters. The summed E-state index contributed by atoms with van der Waals surface area (Å²) < 4.78 is 0. The molecule has 0 radical (unpaired) electrons. The van der Waals surface area contributed by atoms with E-state index in [9.17, 15) is 4.79 Å². The third-order valence-electron chi connectivity index (χ3n) is 5.75. The summed E-state index contributed by atoms with van der Waals surface area (Å²) >= 11 is 0. The van der Waals surface area contributed by atoms with Crippen molar-refractivity contribution in [1.82, 2.24) is 0 Å². The van der Waals surface area contributed by atoms with Gasteiger partial charge < -0.3 is 15.1 Å². The van der Waals surface area contributed by atoms with Gasteiger partial charge in [0.15, 0.2) is 0 Å². The van der Waals surface area contributed by atoms with E-state index in [2.05, 4.69) is 40.5 Å². The highest BCUT2D eigenvalue weighted by atomic mass is 16.2. The summed E-state index contributed by atoms with van der Waals surface area (Å²) in [6.07, 6.45) is 6.19. The summed E-state index contributed by atoms with van der Waals surface area (Å²) in [5.41, 5.74) is 4.62. The average molecular weight is 364 g/mol. The van der Waals surface area contributed by atoms with Crippen molar-refractivity contribution in [3.63, 3.8) is 0 Å². The summed E-state index contributed by atoms with van der Waals surface area (Å²) in [5.74, 6) is 0.136. The lowest BCUT2D eigenvalue weighted by Crippen LogP contribution is -2.40. The number of fused-ring (bicyclic) bond motifs is 1. The number of anilines is 3. The van der Waals surface area contributed by atoms with Crippen molar-refractivity contribution in [1.29, 1.82) is 0 Å². The van der Waals surface area contributed by atoms with Crippen molar-refractivity contribution in [2.45, 2.75) is 45.1 Å². The van der Waals surface area contributed by atoms with Gasteiger partial charge in [-0.15, -0.1) is 0 Å². The highest BCUT2D eigenvalue weighted by molar-refractivity contribution is 6.00. The summed E-state index contributed by atoms with van der Waals surface area (Å²) in [5, 5.41) is 3.38. The molecule has 2 heterocycles. The van der Waals surface area contributed by atoms with E-state index in [4.69, 9.17) is 0 Å². The van der Waals surface area contributed by atoms with Crippen molar-refractivity contribution in [2.75, 3.05) is 34.8 Å². The fourth-order valence-corrected chi connectivity index (χ4v) is 4.21. The molecule has 0 aromatic heterocycles. The third kappa shape index (κ3) is 3.95. The molecule has 27 heavy (non-hydrogen) atoms. The van der Waals surface area contributed by atoms with Crippen LogP contribution in [0.2, 0.25) is 0 Å². The maximum atomic E-state index is 12.9. The Morgan fingerprint density at radius 3 is 2.37 bits per heavy atom.